The van der Waals surface area contributed by atoms with Crippen molar-refractivity contribution in [2.45, 2.75) is 20.8 Å². The Morgan fingerprint density at radius 1 is 1.20 bits per heavy atom. The molecular formula is C15H15NO3S. The van der Waals surface area contributed by atoms with Crippen LogP contribution < -0.4 is 5.32 Å². The molecule has 0 fully saturated rings. The van der Waals surface area contributed by atoms with Crippen LogP contribution in [0.1, 0.15) is 36.0 Å². The fourth-order valence-electron chi connectivity index (χ4n) is 2.10. The summed E-state index contributed by atoms with van der Waals surface area (Å²) in [5.41, 5.74) is 1.66. The van der Waals surface area contributed by atoms with Crippen LogP contribution in [0.3, 0.4) is 0 Å². The smallest absolute Gasteiger partial charge is 0.338 e. The molecular weight excluding hydrogens is 274 g/mol. The predicted octanol–water partition coefficient (Wildman–Crippen LogP) is 3.62. The van der Waals surface area contributed by atoms with Gasteiger partial charge in [0.25, 0.3) is 5.91 Å². The van der Waals surface area contributed by atoms with E-state index in [0.717, 1.165) is 9.75 Å². The molecule has 0 aliphatic carbocycles. The van der Waals surface area contributed by atoms with E-state index in [1.54, 1.807) is 36.5 Å². The van der Waals surface area contributed by atoms with Crippen LogP contribution in [-0.2, 0) is 0 Å². The highest BCUT2D eigenvalue weighted by Crippen LogP contribution is 2.24. The summed E-state index contributed by atoms with van der Waals surface area (Å²) >= 11 is 1.54. The summed E-state index contributed by atoms with van der Waals surface area (Å²) in [5, 5.41) is 11.9. The van der Waals surface area contributed by atoms with Crippen LogP contribution in [0.2, 0.25) is 0 Å². The first kappa shape index (κ1) is 14.3. The molecule has 20 heavy (non-hydrogen) atoms. The monoisotopic (exact) mass is 289 g/mol. The number of amides is 1. The van der Waals surface area contributed by atoms with Crippen molar-refractivity contribution >= 4 is 28.9 Å². The molecule has 0 unspecified atom stereocenters. The normalized spacial score (nSPS) is 10.3. The van der Waals surface area contributed by atoms with Gasteiger partial charge < -0.3 is 10.4 Å². The Balaban J connectivity index is 2.36. The van der Waals surface area contributed by atoms with Crippen LogP contribution >= 0.6 is 11.3 Å². The predicted molar refractivity (Wildman–Crippen MR) is 79.9 cm³/mol. The quantitative estimate of drug-likeness (QED) is 0.906. The van der Waals surface area contributed by atoms with Gasteiger partial charge in [-0.1, -0.05) is 12.1 Å². The van der Waals surface area contributed by atoms with Crippen molar-refractivity contribution in [2.24, 2.45) is 0 Å². The zero-order valence-corrected chi connectivity index (χ0v) is 12.3. The average Bonchev–Trinajstić information content (AvgIpc) is 2.68. The molecule has 0 bridgehead atoms. The van der Waals surface area contributed by atoms with E-state index in [-0.39, 0.29) is 11.5 Å². The number of carbonyl (C=O) groups is 2. The van der Waals surface area contributed by atoms with Crippen LogP contribution in [-0.4, -0.2) is 17.0 Å². The van der Waals surface area contributed by atoms with Crippen LogP contribution in [0.15, 0.2) is 24.3 Å². The van der Waals surface area contributed by atoms with E-state index in [2.05, 4.69) is 5.32 Å². The SMILES string of the molecule is Cc1cc(C(=O)Nc2cccc(C)c2C(=O)O)c(C)s1. The van der Waals surface area contributed by atoms with Gasteiger partial charge in [-0.3, -0.25) is 4.79 Å². The van der Waals surface area contributed by atoms with Gasteiger partial charge in [-0.05, 0) is 38.5 Å². The first-order valence-corrected chi connectivity index (χ1v) is 6.93. The lowest BCUT2D eigenvalue weighted by atomic mass is 10.1. The highest BCUT2D eigenvalue weighted by Gasteiger charge is 2.17. The zero-order chi connectivity index (χ0) is 14.9. The maximum atomic E-state index is 12.2. The van der Waals surface area contributed by atoms with Crippen molar-refractivity contribution in [2.75, 3.05) is 5.32 Å². The van der Waals surface area contributed by atoms with E-state index in [4.69, 9.17) is 0 Å². The summed E-state index contributed by atoms with van der Waals surface area (Å²) in [6, 6.07) is 6.84. The fourth-order valence-corrected chi connectivity index (χ4v) is 3.02. The molecule has 1 aromatic carbocycles. The van der Waals surface area contributed by atoms with E-state index in [0.29, 0.717) is 16.8 Å². The van der Waals surface area contributed by atoms with Gasteiger partial charge in [0, 0.05) is 9.75 Å². The Labute approximate surface area is 121 Å². The number of anilines is 1. The molecule has 0 aliphatic rings. The Kier molecular flexibility index (Phi) is 3.90. The van der Waals surface area contributed by atoms with Crippen molar-refractivity contribution in [1.82, 2.24) is 0 Å². The molecule has 1 amide bonds. The Morgan fingerprint density at radius 3 is 2.45 bits per heavy atom. The minimum Gasteiger partial charge on any atom is -0.478 e. The van der Waals surface area contributed by atoms with Crippen LogP contribution in [0, 0.1) is 20.8 Å². The van der Waals surface area contributed by atoms with Crippen LogP contribution in [0.5, 0.6) is 0 Å². The van der Waals surface area contributed by atoms with E-state index < -0.39 is 5.97 Å². The summed E-state index contributed by atoms with van der Waals surface area (Å²) in [4.78, 5) is 25.5. The second kappa shape index (κ2) is 5.46. The maximum Gasteiger partial charge on any atom is 0.338 e. The van der Waals surface area contributed by atoms with Gasteiger partial charge in [0.2, 0.25) is 0 Å². The van der Waals surface area contributed by atoms with Gasteiger partial charge in [-0.15, -0.1) is 11.3 Å². The summed E-state index contributed by atoms with van der Waals surface area (Å²) < 4.78 is 0. The number of hydrogen-bond donors (Lipinski definition) is 2. The minimum absolute atomic E-state index is 0.130. The lowest BCUT2D eigenvalue weighted by molar-refractivity contribution is 0.0697. The number of nitrogens with one attached hydrogen (secondary N) is 1. The zero-order valence-electron chi connectivity index (χ0n) is 11.5. The number of carboxylic acid groups (broad SMARTS) is 1. The van der Waals surface area contributed by atoms with Crippen LogP contribution in [0.4, 0.5) is 5.69 Å². The molecule has 0 spiro atoms. The molecule has 0 saturated carbocycles. The molecule has 2 N–H and O–H groups in total. The van der Waals surface area contributed by atoms with Gasteiger partial charge in [0.05, 0.1) is 16.8 Å². The van der Waals surface area contributed by atoms with Crippen LogP contribution in [0.25, 0.3) is 0 Å². The third-order valence-corrected chi connectivity index (χ3v) is 3.99. The number of aromatic carboxylic acids is 1. The van der Waals surface area contributed by atoms with Crippen molar-refractivity contribution in [3.05, 3.63) is 50.7 Å². The third kappa shape index (κ3) is 2.72. The van der Waals surface area contributed by atoms with Gasteiger partial charge in [-0.2, -0.15) is 0 Å². The summed E-state index contributed by atoms with van der Waals surface area (Å²) in [6.45, 7) is 5.52. The molecule has 104 valence electrons. The number of carbonyl (C=O) groups excluding carboxylic acids is 1. The van der Waals surface area contributed by atoms with Crippen molar-refractivity contribution in [3.63, 3.8) is 0 Å². The van der Waals surface area contributed by atoms with E-state index in [9.17, 15) is 14.7 Å². The molecule has 1 aromatic heterocycles. The van der Waals surface area contributed by atoms with Gasteiger partial charge in [0.1, 0.15) is 0 Å². The number of thiophene rings is 1. The van der Waals surface area contributed by atoms with Crippen molar-refractivity contribution in [3.8, 4) is 0 Å². The van der Waals surface area contributed by atoms with E-state index in [1.165, 1.54) is 0 Å². The number of carboxylic acids is 1. The highest BCUT2D eigenvalue weighted by atomic mass is 32.1. The highest BCUT2D eigenvalue weighted by molar-refractivity contribution is 7.12. The average molecular weight is 289 g/mol. The first-order valence-electron chi connectivity index (χ1n) is 6.11. The first-order chi connectivity index (χ1) is 9.40. The lowest BCUT2D eigenvalue weighted by Crippen LogP contribution is -2.15. The number of benzene rings is 1. The van der Waals surface area contributed by atoms with E-state index in [1.807, 2.05) is 19.9 Å². The van der Waals surface area contributed by atoms with Gasteiger partial charge in [-0.25, -0.2) is 4.79 Å². The Bertz CT molecular complexity index is 688. The molecule has 2 rings (SSSR count). The number of hydrogen-bond acceptors (Lipinski definition) is 3. The Hall–Kier alpha value is -2.14. The summed E-state index contributed by atoms with van der Waals surface area (Å²) in [7, 11) is 0. The topological polar surface area (TPSA) is 66.4 Å². The molecule has 0 aliphatic heterocycles. The van der Waals surface area contributed by atoms with Crippen molar-refractivity contribution < 1.29 is 14.7 Å². The summed E-state index contributed by atoms with van der Waals surface area (Å²) in [5.74, 6) is -1.32. The molecule has 5 heteroatoms. The third-order valence-electron chi connectivity index (χ3n) is 3.02. The molecule has 2 aromatic rings. The van der Waals surface area contributed by atoms with Crippen molar-refractivity contribution in [1.29, 1.82) is 0 Å². The molecule has 4 nitrogen and oxygen atoms in total. The maximum absolute atomic E-state index is 12.2. The molecule has 0 atom stereocenters. The Morgan fingerprint density at radius 2 is 1.90 bits per heavy atom. The number of aryl methyl sites for hydroxylation is 3. The second-order valence-corrected chi connectivity index (χ2v) is 6.04. The summed E-state index contributed by atoms with van der Waals surface area (Å²) in [6.07, 6.45) is 0. The second-order valence-electron chi connectivity index (χ2n) is 4.58. The molecule has 0 radical (unpaired) electrons. The van der Waals surface area contributed by atoms with E-state index >= 15 is 0 Å². The standard InChI is InChI=1S/C15H15NO3S/c1-8-5-4-6-12(13(8)15(18)19)16-14(17)11-7-9(2)20-10(11)3/h4-7H,1-3H3,(H,16,17)(H,18,19). The lowest BCUT2D eigenvalue weighted by Gasteiger charge is -2.10. The molecule has 0 saturated heterocycles. The number of rotatable bonds is 3. The minimum atomic E-state index is -1.04. The fraction of sp³-hybridized carbons (Fsp3) is 0.200. The van der Waals surface area contributed by atoms with Gasteiger partial charge in [0.15, 0.2) is 0 Å². The molecule has 1 heterocycles. The van der Waals surface area contributed by atoms with Gasteiger partial charge >= 0.3 is 5.97 Å². The largest absolute Gasteiger partial charge is 0.478 e.